The lowest BCUT2D eigenvalue weighted by molar-refractivity contribution is -0.133. The van der Waals surface area contributed by atoms with E-state index in [1.165, 1.54) is 0 Å². The second kappa shape index (κ2) is 11.5. The number of carbonyl (C=O) groups is 2. The molecule has 0 bridgehead atoms. The van der Waals surface area contributed by atoms with Crippen LogP contribution in [0.15, 0.2) is 72.1 Å². The minimum absolute atomic E-state index is 0.0358. The molecule has 1 N–H and O–H groups in total. The Labute approximate surface area is 194 Å². The molecule has 0 atom stereocenters. The summed E-state index contributed by atoms with van der Waals surface area (Å²) in [4.78, 5) is 31.0. The average Bonchev–Trinajstić information content (AvgIpc) is 3.26. The van der Waals surface area contributed by atoms with E-state index >= 15 is 0 Å². The highest BCUT2D eigenvalue weighted by atomic mass is 32.1. The summed E-state index contributed by atoms with van der Waals surface area (Å²) in [6.45, 7) is 7.65. The van der Waals surface area contributed by atoms with Gasteiger partial charge in [0.05, 0.1) is 6.54 Å². The van der Waals surface area contributed by atoms with E-state index in [1.807, 2.05) is 97.8 Å². The number of hydrogen-bond donors (Lipinski definition) is 1. The molecule has 0 radical (unpaired) electrons. The molecule has 3 rings (SSSR count). The molecule has 0 fully saturated rings. The van der Waals surface area contributed by atoms with Gasteiger partial charge in [0, 0.05) is 23.7 Å². The fraction of sp³-hybridized carbons (Fsp3) is 0.308. The van der Waals surface area contributed by atoms with Gasteiger partial charge in [0.1, 0.15) is 6.54 Å². The van der Waals surface area contributed by atoms with Crippen LogP contribution < -0.4 is 5.32 Å². The molecule has 2 aromatic carbocycles. The zero-order valence-electron chi connectivity index (χ0n) is 19.0. The number of hydrogen-bond acceptors (Lipinski definition) is 3. The van der Waals surface area contributed by atoms with Gasteiger partial charge in [0.25, 0.3) is 0 Å². The van der Waals surface area contributed by atoms with Crippen LogP contribution >= 0.6 is 11.3 Å². The van der Waals surface area contributed by atoms with Crippen LogP contribution in [0.3, 0.4) is 0 Å². The predicted molar refractivity (Wildman–Crippen MR) is 132 cm³/mol. The number of rotatable bonds is 9. The van der Waals surface area contributed by atoms with Gasteiger partial charge in [-0.1, -0.05) is 62.4 Å². The van der Waals surface area contributed by atoms with E-state index in [-0.39, 0.29) is 24.4 Å². The van der Waals surface area contributed by atoms with E-state index < -0.39 is 0 Å². The van der Waals surface area contributed by atoms with Crippen LogP contribution in [0.25, 0.3) is 0 Å². The van der Waals surface area contributed by atoms with Crippen LogP contribution in [0.4, 0.5) is 10.5 Å². The first kappa shape index (κ1) is 23.5. The molecule has 168 valence electrons. The van der Waals surface area contributed by atoms with Crippen LogP contribution in [-0.4, -0.2) is 34.8 Å². The smallest absolute Gasteiger partial charge is 0.322 e. The molecule has 32 heavy (non-hydrogen) atoms. The largest absolute Gasteiger partial charge is 0.332 e. The Bertz CT molecular complexity index is 1000. The van der Waals surface area contributed by atoms with E-state index in [0.717, 1.165) is 21.7 Å². The fourth-order valence-electron chi connectivity index (χ4n) is 3.48. The number of anilines is 1. The number of nitrogens with one attached hydrogen (secondary N) is 1. The zero-order chi connectivity index (χ0) is 22.9. The van der Waals surface area contributed by atoms with Crippen LogP contribution in [0.2, 0.25) is 0 Å². The molecule has 0 saturated heterocycles. The molecule has 1 heterocycles. The second-order valence-electron chi connectivity index (χ2n) is 8.39. The Morgan fingerprint density at radius 3 is 2.38 bits per heavy atom. The van der Waals surface area contributed by atoms with Gasteiger partial charge in [-0.15, -0.1) is 11.3 Å². The number of urea groups is 1. The van der Waals surface area contributed by atoms with Crippen molar-refractivity contribution in [2.75, 3.05) is 18.4 Å². The maximum atomic E-state index is 13.4. The van der Waals surface area contributed by atoms with Gasteiger partial charge < -0.3 is 15.1 Å². The number of amides is 3. The van der Waals surface area contributed by atoms with Crippen molar-refractivity contribution in [3.8, 4) is 0 Å². The zero-order valence-corrected chi connectivity index (χ0v) is 19.8. The molecular formula is C26H31N3O2S. The van der Waals surface area contributed by atoms with Crippen molar-refractivity contribution in [2.24, 2.45) is 5.92 Å². The quantitative estimate of drug-likeness (QED) is 0.450. The van der Waals surface area contributed by atoms with E-state index in [4.69, 9.17) is 0 Å². The number of nitrogens with zero attached hydrogens (tertiary/aromatic N) is 2. The number of thiophene rings is 1. The molecule has 0 spiro atoms. The summed E-state index contributed by atoms with van der Waals surface area (Å²) in [5, 5.41) is 4.96. The van der Waals surface area contributed by atoms with E-state index in [9.17, 15) is 9.59 Å². The SMILES string of the molecule is Cc1cccc(NC(=O)N(CC(=O)N(Cc2ccccc2)Cc2cccs2)CC(C)C)c1. The molecule has 0 saturated carbocycles. The van der Waals surface area contributed by atoms with Crippen molar-refractivity contribution in [1.29, 1.82) is 0 Å². The van der Waals surface area contributed by atoms with Crippen molar-refractivity contribution in [1.82, 2.24) is 9.80 Å². The van der Waals surface area contributed by atoms with E-state index in [0.29, 0.717) is 19.6 Å². The minimum atomic E-state index is -0.256. The Balaban J connectivity index is 1.75. The second-order valence-corrected chi connectivity index (χ2v) is 9.42. The molecule has 3 amide bonds. The summed E-state index contributed by atoms with van der Waals surface area (Å²) in [6, 6.07) is 21.4. The Kier molecular flexibility index (Phi) is 8.45. The van der Waals surface area contributed by atoms with Gasteiger partial charge in [0.2, 0.25) is 5.91 Å². The van der Waals surface area contributed by atoms with Crippen LogP contribution in [0, 0.1) is 12.8 Å². The van der Waals surface area contributed by atoms with E-state index in [1.54, 1.807) is 16.2 Å². The maximum Gasteiger partial charge on any atom is 0.322 e. The molecular weight excluding hydrogens is 418 g/mol. The summed E-state index contributed by atoms with van der Waals surface area (Å²) in [6.07, 6.45) is 0. The number of carbonyl (C=O) groups excluding carboxylic acids is 2. The van der Waals surface area contributed by atoms with Crippen LogP contribution in [0.1, 0.15) is 29.9 Å². The summed E-state index contributed by atoms with van der Waals surface area (Å²) in [5.74, 6) is 0.174. The summed E-state index contributed by atoms with van der Waals surface area (Å²) in [5.41, 5.74) is 2.87. The van der Waals surface area contributed by atoms with Gasteiger partial charge in [-0.25, -0.2) is 4.79 Å². The van der Waals surface area contributed by atoms with Crippen molar-refractivity contribution in [3.05, 3.63) is 88.1 Å². The van der Waals surface area contributed by atoms with Crippen LogP contribution in [0.5, 0.6) is 0 Å². The lowest BCUT2D eigenvalue weighted by atomic mass is 10.2. The molecule has 3 aromatic rings. The molecule has 0 aliphatic heterocycles. The highest BCUT2D eigenvalue weighted by Gasteiger charge is 2.23. The van der Waals surface area contributed by atoms with Crippen LogP contribution in [-0.2, 0) is 17.9 Å². The molecule has 0 aliphatic rings. The maximum absolute atomic E-state index is 13.4. The summed E-state index contributed by atoms with van der Waals surface area (Å²) < 4.78 is 0. The number of benzene rings is 2. The van der Waals surface area contributed by atoms with Gasteiger partial charge in [-0.3, -0.25) is 4.79 Å². The van der Waals surface area contributed by atoms with Gasteiger partial charge in [-0.05, 0) is 47.5 Å². The highest BCUT2D eigenvalue weighted by Crippen LogP contribution is 2.16. The molecule has 0 unspecified atom stereocenters. The predicted octanol–water partition coefficient (Wildman–Crippen LogP) is 5.78. The topological polar surface area (TPSA) is 52.7 Å². The average molecular weight is 450 g/mol. The summed E-state index contributed by atoms with van der Waals surface area (Å²) in [7, 11) is 0. The van der Waals surface area contributed by atoms with E-state index in [2.05, 4.69) is 5.32 Å². The molecule has 6 heteroatoms. The third kappa shape index (κ3) is 7.24. The highest BCUT2D eigenvalue weighted by molar-refractivity contribution is 7.09. The lowest BCUT2D eigenvalue weighted by Crippen LogP contribution is -2.45. The monoisotopic (exact) mass is 449 g/mol. The first-order chi connectivity index (χ1) is 15.4. The lowest BCUT2D eigenvalue weighted by Gasteiger charge is -2.29. The Hall–Kier alpha value is -3.12. The van der Waals surface area contributed by atoms with Crippen molar-refractivity contribution in [3.63, 3.8) is 0 Å². The molecule has 5 nitrogen and oxygen atoms in total. The first-order valence-corrected chi connectivity index (χ1v) is 11.8. The van der Waals surface area contributed by atoms with Gasteiger partial charge >= 0.3 is 6.03 Å². The van der Waals surface area contributed by atoms with Crippen molar-refractivity contribution in [2.45, 2.75) is 33.9 Å². The third-order valence-electron chi connectivity index (χ3n) is 4.96. The third-order valence-corrected chi connectivity index (χ3v) is 5.83. The Morgan fingerprint density at radius 1 is 0.938 bits per heavy atom. The standard InChI is InChI=1S/C26H31N3O2S/c1-20(2)16-29(26(31)27-23-12-7-9-21(3)15-23)19-25(30)28(18-24-13-8-14-32-24)17-22-10-5-4-6-11-22/h4-15,20H,16-19H2,1-3H3,(H,27,31). The number of aryl methyl sites for hydroxylation is 1. The van der Waals surface area contributed by atoms with Gasteiger partial charge in [-0.2, -0.15) is 0 Å². The normalized spacial score (nSPS) is 10.8. The minimum Gasteiger partial charge on any atom is -0.332 e. The van der Waals surface area contributed by atoms with Crippen molar-refractivity contribution < 1.29 is 9.59 Å². The first-order valence-electron chi connectivity index (χ1n) is 10.9. The van der Waals surface area contributed by atoms with Crippen molar-refractivity contribution >= 4 is 29.0 Å². The van der Waals surface area contributed by atoms with Gasteiger partial charge in [0.15, 0.2) is 0 Å². The fourth-order valence-corrected chi connectivity index (χ4v) is 4.19. The Morgan fingerprint density at radius 2 is 1.72 bits per heavy atom. The summed E-state index contributed by atoms with van der Waals surface area (Å²) >= 11 is 1.63. The molecule has 1 aromatic heterocycles. The molecule has 0 aliphatic carbocycles.